The first kappa shape index (κ1) is 11.9. The minimum absolute atomic E-state index is 0.276. The number of rotatable bonds is 6. The van der Waals surface area contributed by atoms with Crippen molar-refractivity contribution in [3.8, 4) is 0 Å². The van der Waals surface area contributed by atoms with Crippen molar-refractivity contribution in [2.75, 3.05) is 20.1 Å². The van der Waals surface area contributed by atoms with Gasteiger partial charge in [0.25, 0.3) is 0 Å². The van der Waals surface area contributed by atoms with Crippen LogP contribution < -0.4 is 0 Å². The lowest BCUT2D eigenvalue weighted by atomic mass is 10.1. The van der Waals surface area contributed by atoms with Gasteiger partial charge < -0.3 is 15.1 Å². The van der Waals surface area contributed by atoms with Crippen LogP contribution in [-0.2, 0) is 9.59 Å². The summed E-state index contributed by atoms with van der Waals surface area (Å²) in [5, 5.41) is 17.1. The summed E-state index contributed by atoms with van der Waals surface area (Å²) in [5.74, 6) is -2.94. The molecule has 5 nitrogen and oxygen atoms in total. The van der Waals surface area contributed by atoms with E-state index in [1.165, 1.54) is 0 Å². The lowest BCUT2D eigenvalue weighted by Gasteiger charge is -2.18. The van der Waals surface area contributed by atoms with Crippen molar-refractivity contribution in [2.24, 2.45) is 5.92 Å². The Morgan fingerprint density at radius 2 is 1.92 bits per heavy atom. The summed E-state index contributed by atoms with van der Waals surface area (Å²) >= 11 is 0. The molecule has 0 aromatic heterocycles. The van der Waals surface area contributed by atoms with E-state index in [0.717, 1.165) is 0 Å². The van der Waals surface area contributed by atoms with Crippen LogP contribution in [0, 0.1) is 5.92 Å². The molecule has 1 unspecified atom stereocenters. The Balaban J connectivity index is 4.10. The molecular weight excluding hydrogens is 174 g/mol. The van der Waals surface area contributed by atoms with Gasteiger partial charge >= 0.3 is 11.9 Å². The van der Waals surface area contributed by atoms with Gasteiger partial charge in [0.2, 0.25) is 0 Å². The highest BCUT2D eigenvalue weighted by molar-refractivity contribution is 5.77. The van der Waals surface area contributed by atoms with Crippen molar-refractivity contribution in [3.63, 3.8) is 0 Å². The van der Waals surface area contributed by atoms with Crippen molar-refractivity contribution in [1.82, 2.24) is 4.90 Å². The Morgan fingerprint density at radius 3 is 2.23 bits per heavy atom. The molecule has 0 aromatic carbocycles. The summed E-state index contributed by atoms with van der Waals surface area (Å²) < 4.78 is 0. The molecule has 0 aliphatic rings. The molecule has 0 aliphatic carbocycles. The van der Waals surface area contributed by atoms with Gasteiger partial charge in [0.05, 0.1) is 12.3 Å². The zero-order chi connectivity index (χ0) is 10.4. The largest absolute Gasteiger partial charge is 0.481 e. The molecule has 0 amide bonds. The number of aliphatic carboxylic acids is 2. The second kappa shape index (κ2) is 5.53. The van der Waals surface area contributed by atoms with E-state index in [4.69, 9.17) is 10.2 Å². The Labute approximate surface area is 77.0 Å². The number of carbonyl (C=O) groups is 2. The number of nitrogens with zero attached hydrogens (tertiary/aromatic N) is 1. The number of carboxylic acid groups (broad SMARTS) is 2. The first-order valence-electron chi connectivity index (χ1n) is 4.10. The van der Waals surface area contributed by atoms with Crippen molar-refractivity contribution in [3.05, 3.63) is 0 Å². The highest BCUT2D eigenvalue weighted by Crippen LogP contribution is 2.05. The maximum absolute atomic E-state index is 10.6. The lowest BCUT2D eigenvalue weighted by Crippen LogP contribution is -2.31. The topological polar surface area (TPSA) is 77.8 Å². The van der Waals surface area contributed by atoms with E-state index in [1.807, 2.05) is 6.92 Å². The van der Waals surface area contributed by atoms with Crippen LogP contribution in [0.2, 0.25) is 0 Å². The van der Waals surface area contributed by atoms with Gasteiger partial charge in [-0.3, -0.25) is 9.59 Å². The zero-order valence-electron chi connectivity index (χ0n) is 7.86. The van der Waals surface area contributed by atoms with E-state index < -0.39 is 17.9 Å². The van der Waals surface area contributed by atoms with Crippen LogP contribution in [-0.4, -0.2) is 47.2 Å². The fourth-order valence-corrected chi connectivity index (χ4v) is 0.946. The van der Waals surface area contributed by atoms with Gasteiger partial charge in [-0.2, -0.15) is 0 Å². The second-order valence-corrected chi connectivity index (χ2v) is 2.99. The van der Waals surface area contributed by atoms with E-state index in [2.05, 4.69) is 0 Å². The van der Waals surface area contributed by atoms with Gasteiger partial charge in [0.15, 0.2) is 0 Å². The van der Waals surface area contributed by atoms with Crippen molar-refractivity contribution in [2.45, 2.75) is 13.3 Å². The first-order valence-corrected chi connectivity index (χ1v) is 4.10. The zero-order valence-corrected chi connectivity index (χ0v) is 7.86. The van der Waals surface area contributed by atoms with Crippen LogP contribution in [0.15, 0.2) is 0 Å². The lowest BCUT2D eigenvalue weighted by molar-refractivity contribution is -0.148. The average Bonchev–Trinajstić information content (AvgIpc) is 2.02. The summed E-state index contributed by atoms with van der Waals surface area (Å²) in [7, 11) is 1.76. The average molecular weight is 189 g/mol. The Morgan fingerprint density at radius 1 is 1.38 bits per heavy atom. The van der Waals surface area contributed by atoms with E-state index >= 15 is 0 Å². The van der Waals surface area contributed by atoms with Crippen LogP contribution in [0.1, 0.15) is 13.3 Å². The summed E-state index contributed by atoms with van der Waals surface area (Å²) in [6.45, 7) is 2.88. The van der Waals surface area contributed by atoms with Gasteiger partial charge in [-0.15, -0.1) is 0 Å². The van der Waals surface area contributed by atoms with Gasteiger partial charge in [0, 0.05) is 6.54 Å². The third kappa shape index (κ3) is 5.19. The third-order valence-electron chi connectivity index (χ3n) is 1.84. The highest BCUT2D eigenvalue weighted by atomic mass is 16.4. The van der Waals surface area contributed by atoms with Crippen molar-refractivity contribution < 1.29 is 19.8 Å². The SMILES string of the molecule is CCN(C)CC(CC(=O)O)C(=O)O. The molecule has 0 saturated carbocycles. The van der Waals surface area contributed by atoms with Crippen LogP contribution in [0.25, 0.3) is 0 Å². The Hall–Kier alpha value is -1.10. The van der Waals surface area contributed by atoms with E-state index in [0.29, 0.717) is 6.54 Å². The predicted octanol–water partition coefficient (Wildman–Crippen LogP) is 0.114. The molecule has 0 saturated heterocycles. The maximum atomic E-state index is 10.6. The molecule has 0 aliphatic heterocycles. The maximum Gasteiger partial charge on any atom is 0.308 e. The number of carboxylic acids is 2. The van der Waals surface area contributed by atoms with Gasteiger partial charge in [-0.1, -0.05) is 6.92 Å². The van der Waals surface area contributed by atoms with Crippen LogP contribution >= 0.6 is 0 Å². The first-order chi connectivity index (χ1) is 5.97. The third-order valence-corrected chi connectivity index (χ3v) is 1.84. The van der Waals surface area contributed by atoms with Crippen LogP contribution in [0.5, 0.6) is 0 Å². The van der Waals surface area contributed by atoms with Gasteiger partial charge in [-0.25, -0.2) is 0 Å². The minimum atomic E-state index is -1.07. The smallest absolute Gasteiger partial charge is 0.308 e. The normalized spacial score (nSPS) is 12.8. The van der Waals surface area contributed by atoms with E-state index in [1.54, 1.807) is 11.9 Å². The summed E-state index contributed by atoms with van der Waals surface area (Å²) in [6, 6.07) is 0. The molecule has 0 fully saturated rings. The molecule has 5 heteroatoms. The molecule has 0 radical (unpaired) electrons. The van der Waals surface area contributed by atoms with E-state index in [-0.39, 0.29) is 13.0 Å². The molecule has 13 heavy (non-hydrogen) atoms. The quantitative estimate of drug-likeness (QED) is 0.620. The van der Waals surface area contributed by atoms with Crippen LogP contribution in [0.3, 0.4) is 0 Å². The van der Waals surface area contributed by atoms with Gasteiger partial charge in [-0.05, 0) is 13.6 Å². The van der Waals surface area contributed by atoms with Crippen molar-refractivity contribution >= 4 is 11.9 Å². The molecule has 76 valence electrons. The summed E-state index contributed by atoms with van der Waals surface area (Å²) in [6.07, 6.45) is -0.320. The number of hydrogen-bond acceptors (Lipinski definition) is 3. The minimum Gasteiger partial charge on any atom is -0.481 e. The monoisotopic (exact) mass is 189 g/mol. The number of hydrogen-bond donors (Lipinski definition) is 2. The fourth-order valence-electron chi connectivity index (χ4n) is 0.946. The molecule has 0 rings (SSSR count). The summed E-state index contributed by atoms with van der Waals surface area (Å²) in [4.78, 5) is 22.7. The fraction of sp³-hybridized carbons (Fsp3) is 0.750. The molecule has 0 bridgehead atoms. The standard InChI is InChI=1S/C8H15NO4/c1-3-9(2)5-6(8(12)13)4-7(10)11/h6H,3-5H2,1-2H3,(H,10,11)(H,12,13). The molecule has 0 aromatic rings. The molecule has 2 N–H and O–H groups in total. The Kier molecular flexibility index (Phi) is 5.06. The van der Waals surface area contributed by atoms with Crippen LogP contribution in [0.4, 0.5) is 0 Å². The molecule has 1 atom stereocenters. The second-order valence-electron chi connectivity index (χ2n) is 2.99. The molecule has 0 spiro atoms. The summed E-state index contributed by atoms with van der Waals surface area (Å²) in [5.41, 5.74) is 0. The Bertz CT molecular complexity index is 193. The predicted molar refractivity (Wildman–Crippen MR) is 46.5 cm³/mol. The molecular formula is C8H15NO4. The molecule has 0 heterocycles. The van der Waals surface area contributed by atoms with E-state index in [9.17, 15) is 9.59 Å². The van der Waals surface area contributed by atoms with Crippen molar-refractivity contribution in [1.29, 1.82) is 0 Å². The van der Waals surface area contributed by atoms with Gasteiger partial charge in [0.1, 0.15) is 0 Å². The highest BCUT2D eigenvalue weighted by Gasteiger charge is 2.21.